The summed E-state index contributed by atoms with van der Waals surface area (Å²) < 4.78 is 5.67. The van der Waals surface area contributed by atoms with Gasteiger partial charge in [0, 0.05) is 25.2 Å². The minimum Gasteiger partial charge on any atom is -0.482 e. The summed E-state index contributed by atoms with van der Waals surface area (Å²) in [5, 5.41) is 12.2. The van der Waals surface area contributed by atoms with E-state index in [-0.39, 0.29) is 24.8 Å². The number of nitrogens with zero attached hydrogens (tertiary/aromatic N) is 2. The van der Waals surface area contributed by atoms with Crippen LogP contribution in [0.3, 0.4) is 0 Å². The molecule has 3 rings (SSSR count). The van der Waals surface area contributed by atoms with Crippen LogP contribution in [-0.2, 0) is 20.8 Å². The molecule has 1 aromatic rings. The van der Waals surface area contributed by atoms with Gasteiger partial charge >= 0.3 is 5.97 Å². The van der Waals surface area contributed by atoms with Crippen molar-refractivity contribution in [2.45, 2.75) is 45.1 Å². The van der Waals surface area contributed by atoms with Gasteiger partial charge in [-0.2, -0.15) is 0 Å². The fourth-order valence-electron chi connectivity index (χ4n) is 3.96. The predicted molar refractivity (Wildman–Crippen MR) is 96.3 cm³/mol. The van der Waals surface area contributed by atoms with Crippen molar-refractivity contribution in [3.63, 3.8) is 0 Å². The molecule has 8 heteroatoms. The lowest BCUT2D eigenvalue weighted by Crippen LogP contribution is -2.57. The van der Waals surface area contributed by atoms with Crippen LogP contribution in [0.5, 0.6) is 5.75 Å². The molecule has 2 saturated heterocycles. The smallest absolute Gasteiger partial charge is 0.309 e. The third-order valence-corrected chi connectivity index (χ3v) is 5.51. The molecule has 1 atom stereocenters. The summed E-state index contributed by atoms with van der Waals surface area (Å²) in [5.74, 6) is -1.47. The number of aliphatic carboxylic acids is 1. The van der Waals surface area contributed by atoms with Gasteiger partial charge in [0.1, 0.15) is 5.75 Å². The quantitative estimate of drug-likeness (QED) is 0.792. The van der Waals surface area contributed by atoms with Gasteiger partial charge in [0.15, 0.2) is 6.61 Å². The molecule has 0 bridgehead atoms. The van der Waals surface area contributed by atoms with E-state index in [1.165, 1.54) is 0 Å². The first kappa shape index (κ1) is 19.1. The summed E-state index contributed by atoms with van der Waals surface area (Å²) in [4.78, 5) is 41.8. The third-order valence-electron chi connectivity index (χ3n) is 5.51. The van der Waals surface area contributed by atoms with Crippen LogP contribution in [0, 0.1) is 12.8 Å². The number of carbonyl (C=O) groups excluding carboxylic acids is 2. The van der Waals surface area contributed by atoms with Crippen LogP contribution in [0.25, 0.3) is 0 Å². The molecule has 1 aromatic heterocycles. The highest BCUT2D eigenvalue weighted by molar-refractivity contribution is 5.88. The number of carboxylic acid groups (broad SMARTS) is 1. The third kappa shape index (κ3) is 3.89. The van der Waals surface area contributed by atoms with E-state index in [0.717, 1.165) is 11.4 Å². The van der Waals surface area contributed by atoms with Crippen molar-refractivity contribution in [3.05, 3.63) is 23.5 Å². The van der Waals surface area contributed by atoms with Crippen molar-refractivity contribution in [1.82, 2.24) is 15.2 Å². The van der Waals surface area contributed by atoms with Crippen molar-refractivity contribution < 1.29 is 24.2 Å². The minimum absolute atomic E-state index is 0.00656. The maximum absolute atomic E-state index is 12.5. The van der Waals surface area contributed by atoms with E-state index in [0.29, 0.717) is 38.1 Å². The zero-order valence-electron chi connectivity index (χ0n) is 15.7. The van der Waals surface area contributed by atoms with E-state index in [9.17, 15) is 19.5 Å². The fraction of sp³-hybridized carbons (Fsp3) is 0.579. The summed E-state index contributed by atoms with van der Waals surface area (Å²) in [6.45, 7) is 4.61. The van der Waals surface area contributed by atoms with Crippen molar-refractivity contribution in [2.75, 3.05) is 19.7 Å². The molecule has 27 heavy (non-hydrogen) atoms. The van der Waals surface area contributed by atoms with Crippen molar-refractivity contribution in [2.24, 2.45) is 5.92 Å². The fourth-order valence-corrected chi connectivity index (χ4v) is 3.96. The highest BCUT2D eigenvalue weighted by atomic mass is 16.5. The Morgan fingerprint density at radius 1 is 1.37 bits per heavy atom. The van der Waals surface area contributed by atoms with E-state index in [4.69, 9.17) is 4.74 Å². The molecule has 2 aliphatic rings. The van der Waals surface area contributed by atoms with E-state index in [1.54, 1.807) is 4.90 Å². The molecular weight excluding hydrogens is 350 g/mol. The van der Waals surface area contributed by atoms with E-state index < -0.39 is 17.4 Å². The lowest BCUT2D eigenvalue weighted by molar-refractivity contribution is -0.145. The van der Waals surface area contributed by atoms with Crippen LogP contribution < -0.4 is 10.1 Å². The lowest BCUT2D eigenvalue weighted by Gasteiger charge is -2.41. The number of amides is 2. The number of pyridine rings is 1. The predicted octanol–water partition coefficient (Wildman–Crippen LogP) is 0.913. The van der Waals surface area contributed by atoms with Gasteiger partial charge in [-0.1, -0.05) is 6.92 Å². The Balaban J connectivity index is 1.58. The van der Waals surface area contributed by atoms with Gasteiger partial charge in [0.2, 0.25) is 5.91 Å². The molecule has 3 heterocycles. The number of ether oxygens (including phenoxy) is 1. The van der Waals surface area contributed by atoms with Crippen LogP contribution in [0.1, 0.15) is 37.6 Å². The maximum Gasteiger partial charge on any atom is 0.309 e. The topological polar surface area (TPSA) is 109 Å². The Labute approximate surface area is 157 Å². The normalized spacial score (nSPS) is 21.2. The number of hydrogen-bond acceptors (Lipinski definition) is 5. The largest absolute Gasteiger partial charge is 0.482 e. The molecule has 0 aromatic carbocycles. The van der Waals surface area contributed by atoms with Gasteiger partial charge in [-0.15, -0.1) is 0 Å². The van der Waals surface area contributed by atoms with Gasteiger partial charge in [0.05, 0.1) is 17.2 Å². The number of nitrogens with one attached hydrogen (secondary N) is 1. The van der Waals surface area contributed by atoms with Gasteiger partial charge < -0.3 is 20.1 Å². The number of aromatic nitrogens is 1. The summed E-state index contributed by atoms with van der Waals surface area (Å²) in [5.41, 5.74) is 0.980. The Bertz CT molecular complexity index is 756. The average molecular weight is 375 g/mol. The zero-order valence-corrected chi connectivity index (χ0v) is 15.7. The molecule has 1 spiro atoms. The van der Waals surface area contributed by atoms with Crippen molar-refractivity contribution in [1.29, 1.82) is 0 Å². The van der Waals surface area contributed by atoms with Crippen LogP contribution in [0.15, 0.2) is 12.1 Å². The molecule has 146 valence electrons. The summed E-state index contributed by atoms with van der Waals surface area (Å²) in [6.07, 6.45) is 1.60. The van der Waals surface area contributed by atoms with E-state index in [1.807, 2.05) is 26.0 Å². The van der Waals surface area contributed by atoms with E-state index >= 15 is 0 Å². The summed E-state index contributed by atoms with van der Waals surface area (Å²) >= 11 is 0. The van der Waals surface area contributed by atoms with Gasteiger partial charge in [-0.3, -0.25) is 19.4 Å². The molecule has 2 amide bonds. The number of likely N-dealkylation sites (tertiary alicyclic amines) is 1. The van der Waals surface area contributed by atoms with Gasteiger partial charge in [0.25, 0.3) is 5.91 Å². The van der Waals surface area contributed by atoms with Crippen LogP contribution >= 0.6 is 0 Å². The molecular formula is C19H25N3O5. The summed E-state index contributed by atoms with van der Waals surface area (Å²) in [7, 11) is 0. The van der Waals surface area contributed by atoms with Crippen LogP contribution in [0.4, 0.5) is 0 Å². The molecule has 2 N–H and O–H groups in total. The number of piperidine rings is 1. The highest BCUT2D eigenvalue weighted by Gasteiger charge is 2.51. The minimum atomic E-state index is -0.963. The van der Waals surface area contributed by atoms with Crippen molar-refractivity contribution in [3.8, 4) is 5.75 Å². The van der Waals surface area contributed by atoms with Gasteiger partial charge in [-0.05, 0) is 38.3 Å². The zero-order chi connectivity index (χ0) is 19.6. The highest BCUT2D eigenvalue weighted by Crippen LogP contribution is 2.36. The first-order valence-corrected chi connectivity index (χ1v) is 9.25. The number of hydrogen-bond donors (Lipinski definition) is 2. The Hall–Kier alpha value is -2.64. The van der Waals surface area contributed by atoms with E-state index in [2.05, 4.69) is 10.3 Å². The molecule has 2 aliphatic heterocycles. The number of aryl methyl sites for hydroxylation is 2. The molecule has 0 aliphatic carbocycles. The Morgan fingerprint density at radius 2 is 2.07 bits per heavy atom. The second kappa shape index (κ2) is 7.54. The number of carbonyl (C=O) groups is 3. The standard InChI is InChI=1S/C19H25N3O5/c1-3-14-15(5-4-12(2)20-14)27-11-17(24)22-8-6-19(7-9-22)13(18(25)26)10-16(23)21-19/h4-5,13H,3,6-11H2,1-2H3,(H,21,23)(H,25,26)/t13-/m1/s1. The maximum atomic E-state index is 12.5. The SMILES string of the molecule is CCc1nc(C)ccc1OCC(=O)N1CCC2(CC1)NC(=O)C[C@@H]2C(=O)O. The molecule has 2 fully saturated rings. The Kier molecular flexibility index (Phi) is 5.34. The summed E-state index contributed by atoms with van der Waals surface area (Å²) in [6, 6.07) is 3.67. The number of carboxylic acids is 1. The van der Waals surface area contributed by atoms with Crippen LogP contribution in [0.2, 0.25) is 0 Å². The van der Waals surface area contributed by atoms with Crippen molar-refractivity contribution >= 4 is 17.8 Å². The average Bonchev–Trinajstić information content (AvgIpc) is 2.96. The monoisotopic (exact) mass is 375 g/mol. The second-order valence-electron chi connectivity index (χ2n) is 7.22. The molecule has 0 unspecified atom stereocenters. The molecule has 8 nitrogen and oxygen atoms in total. The number of rotatable bonds is 5. The first-order valence-electron chi connectivity index (χ1n) is 9.25. The molecule has 0 radical (unpaired) electrons. The first-order chi connectivity index (χ1) is 12.8. The second-order valence-corrected chi connectivity index (χ2v) is 7.22. The Morgan fingerprint density at radius 3 is 2.70 bits per heavy atom. The molecule has 0 saturated carbocycles. The lowest BCUT2D eigenvalue weighted by atomic mass is 9.78. The van der Waals surface area contributed by atoms with Gasteiger partial charge in [-0.25, -0.2) is 0 Å². The van der Waals surface area contributed by atoms with Crippen LogP contribution in [-0.4, -0.2) is 58.0 Å².